The molecule has 0 spiro atoms. The zero-order chi connectivity index (χ0) is 41.0. The number of hydrazine groups is 1. The normalized spacial score (nSPS) is 14.3. The first kappa shape index (κ1) is 36.8. The molecule has 0 amide bonds. The van der Waals surface area contributed by atoms with Gasteiger partial charge in [-0.15, -0.1) is 0 Å². The van der Waals surface area contributed by atoms with Crippen LogP contribution in [-0.4, -0.2) is 13.0 Å². The fraction of sp³-hybridized carbons (Fsp3) is 0.0189. The predicted octanol–water partition coefficient (Wildman–Crippen LogP) is 12.3. The molecule has 0 fully saturated rings. The zero-order valence-electron chi connectivity index (χ0n) is 32.8. The molecule has 2 N–H and O–H groups in total. The molecule has 11 rings (SSSR count). The molecule has 8 aromatic carbocycles. The highest BCUT2D eigenvalue weighted by atomic mass is 32.2. The van der Waals surface area contributed by atoms with Gasteiger partial charge in [-0.3, -0.25) is 10.9 Å². The lowest BCUT2D eigenvalue weighted by Gasteiger charge is -2.46. The van der Waals surface area contributed by atoms with E-state index in [1.54, 1.807) is 24.3 Å². The molecule has 8 heteroatoms. The maximum atomic E-state index is 14.0. The Morgan fingerprint density at radius 2 is 0.951 bits per heavy atom. The zero-order valence-corrected chi connectivity index (χ0v) is 34.4. The highest BCUT2D eigenvalue weighted by Gasteiger charge is 2.46. The Bertz CT molecular complexity index is 3140. The van der Waals surface area contributed by atoms with E-state index in [2.05, 4.69) is 202 Å². The number of rotatable bonds is 8. The summed E-state index contributed by atoms with van der Waals surface area (Å²) in [6.07, 6.45) is 3.43. The van der Waals surface area contributed by atoms with E-state index in [-0.39, 0.29) is 9.92 Å². The molecule has 0 bridgehead atoms. The van der Waals surface area contributed by atoms with Crippen molar-refractivity contribution in [2.75, 3.05) is 4.90 Å². The van der Waals surface area contributed by atoms with Gasteiger partial charge >= 0.3 is 0 Å². The maximum absolute atomic E-state index is 14.0. The number of aromatic nitrogens is 1. The van der Waals surface area contributed by atoms with Gasteiger partial charge in [0.1, 0.15) is 0 Å². The quantitative estimate of drug-likeness (QED) is 0.159. The molecule has 2 aliphatic heterocycles. The van der Waals surface area contributed by atoms with Gasteiger partial charge in [0.05, 0.1) is 37.7 Å². The van der Waals surface area contributed by atoms with Gasteiger partial charge in [0.15, 0.2) is 5.03 Å². The Morgan fingerprint density at radius 3 is 1.49 bits per heavy atom. The number of thioether (sulfide) groups is 1. The lowest BCUT2D eigenvalue weighted by Crippen LogP contribution is -2.37. The molecule has 6 nitrogen and oxygen atoms in total. The van der Waals surface area contributed by atoms with E-state index in [9.17, 15) is 8.42 Å². The summed E-state index contributed by atoms with van der Waals surface area (Å²) in [4.78, 5) is 3.46. The van der Waals surface area contributed by atoms with E-state index in [1.165, 1.54) is 33.7 Å². The summed E-state index contributed by atoms with van der Waals surface area (Å²) in [5.41, 5.74) is 16.5. The first-order chi connectivity index (χ1) is 30.0. The molecule has 0 aliphatic carbocycles. The fourth-order valence-corrected chi connectivity index (χ4v) is 11.1. The van der Waals surface area contributed by atoms with Gasteiger partial charge in [-0.2, -0.15) is 0 Å². The van der Waals surface area contributed by atoms with Gasteiger partial charge in [0.2, 0.25) is 9.84 Å². The first-order valence-corrected chi connectivity index (χ1v) is 22.5. The number of nitrogens with zero attached hydrogens (tertiary/aromatic N) is 2. The molecule has 0 atom stereocenters. The summed E-state index contributed by atoms with van der Waals surface area (Å²) >= 11 is 1.52. The average molecular weight is 827 g/mol. The second kappa shape index (κ2) is 14.8. The number of benzene rings is 8. The number of hydrogen-bond donors (Lipinski definition) is 2. The van der Waals surface area contributed by atoms with E-state index < -0.39 is 15.3 Å². The maximum Gasteiger partial charge on any atom is 0.223 e. The highest BCUT2D eigenvalue weighted by molar-refractivity contribution is 8.03. The minimum Gasteiger partial charge on any atom is -0.310 e. The van der Waals surface area contributed by atoms with Crippen LogP contribution < -0.4 is 15.8 Å². The summed E-state index contributed by atoms with van der Waals surface area (Å²) in [7, 11) is -3.87. The lowest BCUT2D eigenvalue weighted by molar-refractivity contribution is 0.592. The monoisotopic (exact) mass is 826 g/mol. The third-order valence-corrected chi connectivity index (χ3v) is 14.5. The number of allylic oxidation sites excluding steroid dienone is 2. The van der Waals surface area contributed by atoms with Crippen molar-refractivity contribution in [1.82, 2.24) is 15.4 Å². The Balaban J connectivity index is 0.878. The van der Waals surface area contributed by atoms with Crippen LogP contribution in [0.3, 0.4) is 0 Å². The van der Waals surface area contributed by atoms with Crippen LogP contribution in [0.15, 0.2) is 238 Å². The minimum absolute atomic E-state index is 0.0791. The van der Waals surface area contributed by atoms with Crippen molar-refractivity contribution in [3.05, 3.63) is 251 Å². The molecule has 0 unspecified atom stereocenters. The van der Waals surface area contributed by atoms with Gasteiger partial charge in [0, 0.05) is 27.0 Å². The van der Waals surface area contributed by atoms with Crippen molar-refractivity contribution in [2.24, 2.45) is 0 Å². The number of hydrogen-bond acceptors (Lipinski definition) is 6. The SMILES string of the molecule is O=S(=O)(C1=CC=C(Sc2ccc(-n3c4ccccc4c4ccccc43)cc2)NN1)c1ccc(N2c3ccccc3C(c3ccccc3)(c3ccccc3)c3ccccc32)cc1. The van der Waals surface area contributed by atoms with Crippen LogP contribution in [0, 0.1) is 0 Å². The molecule has 61 heavy (non-hydrogen) atoms. The van der Waals surface area contributed by atoms with Crippen molar-refractivity contribution in [3.63, 3.8) is 0 Å². The first-order valence-electron chi connectivity index (χ1n) is 20.2. The number of para-hydroxylation sites is 4. The van der Waals surface area contributed by atoms with Crippen LogP contribution in [-0.2, 0) is 15.3 Å². The van der Waals surface area contributed by atoms with Crippen molar-refractivity contribution in [2.45, 2.75) is 15.2 Å². The van der Waals surface area contributed by atoms with E-state index in [4.69, 9.17) is 0 Å². The van der Waals surface area contributed by atoms with Crippen molar-refractivity contribution < 1.29 is 8.42 Å². The largest absolute Gasteiger partial charge is 0.310 e. The average Bonchev–Trinajstić information content (AvgIpc) is 3.66. The molecule has 1 aromatic heterocycles. The molecule has 2 aliphatic rings. The third-order valence-electron chi connectivity index (χ3n) is 11.8. The molecule has 0 saturated carbocycles. The second-order valence-electron chi connectivity index (χ2n) is 15.1. The van der Waals surface area contributed by atoms with Gasteiger partial charge < -0.3 is 9.47 Å². The summed E-state index contributed by atoms with van der Waals surface area (Å²) < 4.78 is 30.4. The Hall–Kier alpha value is -7.26. The second-order valence-corrected chi connectivity index (χ2v) is 18.2. The molecular weight excluding hydrogens is 789 g/mol. The Morgan fingerprint density at radius 1 is 0.459 bits per heavy atom. The van der Waals surface area contributed by atoms with E-state index in [0.717, 1.165) is 54.8 Å². The molecule has 9 aromatic rings. The number of nitrogens with one attached hydrogen (secondary N) is 2. The summed E-state index contributed by atoms with van der Waals surface area (Å²) in [6.45, 7) is 0. The van der Waals surface area contributed by atoms with Gasteiger partial charge in [-0.05, 0) is 107 Å². The third kappa shape index (κ3) is 5.98. The van der Waals surface area contributed by atoms with E-state index in [0.29, 0.717) is 0 Å². The lowest BCUT2D eigenvalue weighted by atomic mass is 9.62. The highest BCUT2D eigenvalue weighted by Crippen LogP contribution is 2.57. The van der Waals surface area contributed by atoms with E-state index in [1.807, 2.05) is 12.1 Å². The summed E-state index contributed by atoms with van der Waals surface area (Å²) in [6, 6.07) is 71.0. The number of sulfone groups is 1. The molecule has 294 valence electrons. The number of fused-ring (bicyclic) bond motifs is 5. The van der Waals surface area contributed by atoms with Crippen LogP contribution in [0.5, 0.6) is 0 Å². The van der Waals surface area contributed by atoms with Crippen LogP contribution in [0.25, 0.3) is 27.5 Å². The minimum atomic E-state index is -3.87. The summed E-state index contributed by atoms with van der Waals surface area (Å²) in [5, 5.41) is 3.31. The standard InChI is InChI=1S/C53H38N4O2S2/c58-61(59,52-36-35-51(54-55-52)60-41-31-27-39(28-32-41)56-47-23-11-7-19-43(47)44-20-8-12-24-48(44)56)42-33-29-40(30-34-42)57-49-25-13-9-21-45(49)53(37-15-3-1-4-16-37,38-17-5-2-6-18-38)46-22-10-14-26-50(46)57/h1-36,54-55H. The molecule has 3 heterocycles. The Kier molecular flexibility index (Phi) is 8.91. The van der Waals surface area contributed by atoms with Crippen molar-refractivity contribution >= 4 is 60.5 Å². The van der Waals surface area contributed by atoms with Gasteiger partial charge in [-0.25, -0.2) is 8.42 Å². The molecule has 0 saturated heterocycles. The van der Waals surface area contributed by atoms with Crippen LogP contribution in [0.1, 0.15) is 22.3 Å². The Labute approximate surface area is 359 Å². The summed E-state index contributed by atoms with van der Waals surface area (Å²) in [5.74, 6) is 0. The van der Waals surface area contributed by atoms with Crippen molar-refractivity contribution in [1.29, 1.82) is 0 Å². The van der Waals surface area contributed by atoms with E-state index >= 15 is 0 Å². The van der Waals surface area contributed by atoms with Crippen molar-refractivity contribution in [3.8, 4) is 5.69 Å². The number of anilines is 3. The van der Waals surface area contributed by atoms with Crippen LogP contribution in [0.4, 0.5) is 17.1 Å². The topological polar surface area (TPSA) is 66.4 Å². The molecule has 0 radical (unpaired) electrons. The van der Waals surface area contributed by atoms with Gasteiger partial charge in [0.25, 0.3) is 0 Å². The predicted molar refractivity (Wildman–Crippen MR) is 249 cm³/mol. The smallest absolute Gasteiger partial charge is 0.223 e. The fourth-order valence-electron chi connectivity index (χ4n) is 9.16. The van der Waals surface area contributed by atoms with Gasteiger partial charge in [-0.1, -0.05) is 145 Å². The van der Waals surface area contributed by atoms with Crippen LogP contribution >= 0.6 is 11.8 Å². The van der Waals surface area contributed by atoms with Crippen LogP contribution in [0.2, 0.25) is 0 Å². The molecular formula is C53H38N4O2S2.